The molecule has 1 heterocycles. The fourth-order valence-electron chi connectivity index (χ4n) is 3.24. The molecule has 0 amide bonds. The highest BCUT2D eigenvalue weighted by Gasteiger charge is 2.31. The van der Waals surface area contributed by atoms with Crippen LogP contribution in [0.25, 0.3) is 11.0 Å². The number of fused-ring (bicyclic) bond motifs is 1. The molecule has 1 aliphatic rings. The summed E-state index contributed by atoms with van der Waals surface area (Å²) in [4.78, 5) is 4.75. The summed E-state index contributed by atoms with van der Waals surface area (Å²) in [5.74, 6) is 1.67. The van der Waals surface area contributed by atoms with Crippen molar-refractivity contribution < 1.29 is 0 Å². The molecule has 0 saturated heterocycles. The normalized spacial score (nSPS) is 22.8. The molecule has 2 atom stereocenters. The molecule has 1 aromatic carbocycles. The van der Waals surface area contributed by atoms with E-state index in [0.717, 1.165) is 28.3 Å². The zero-order valence-corrected chi connectivity index (χ0v) is 13.8. The van der Waals surface area contributed by atoms with Gasteiger partial charge in [0, 0.05) is 23.6 Å². The molecule has 2 aromatic rings. The molecule has 1 aromatic heterocycles. The smallest absolute Gasteiger partial charge is 0.111 e. The zero-order chi connectivity index (χ0) is 14.1. The number of thioether (sulfide) groups is 1. The van der Waals surface area contributed by atoms with Gasteiger partial charge in [0.15, 0.2) is 0 Å². The van der Waals surface area contributed by atoms with Gasteiger partial charge in [-0.15, -0.1) is 11.6 Å². The molecule has 0 aliphatic heterocycles. The molecule has 5 heteroatoms. The minimum Gasteiger partial charge on any atom is -0.324 e. The Morgan fingerprint density at radius 1 is 1.40 bits per heavy atom. The quantitative estimate of drug-likeness (QED) is 0.740. The number of benzene rings is 1. The number of aryl methyl sites for hydroxylation is 1. The summed E-state index contributed by atoms with van der Waals surface area (Å²) in [5, 5.41) is 1.40. The van der Waals surface area contributed by atoms with E-state index in [-0.39, 0.29) is 0 Å². The second kappa shape index (κ2) is 6.17. The Balaban J connectivity index is 2.16. The molecule has 0 spiro atoms. The monoisotopic (exact) mass is 328 g/mol. The van der Waals surface area contributed by atoms with Crippen LogP contribution in [0, 0.1) is 0 Å². The number of imidazole rings is 1. The Morgan fingerprint density at radius 3 is 3.00 bits per heavy atom. The van der Waals surface area contributed by atoms with Crippen molar-refractivity contribution in [3.63, 3.8) is 0 Å². The molecule has 1 fully saturated rings. The Hall–Kier alpha value is -0.380. The summed E-state index contributed by atoms with van der Waals surface area (Å²) in [6.07, 6.45) is 6.79. The molecule has 0 radical (unpaired) electrons. The molecule has 2 unspecified atom stereocenters. The van der Waals surface area contributed by atoms with Crippen molar-refractivity contribution in [1.82, 2.24) is 9.55 Å². The fraction of sp³-hybridized carbons (Fsp3) is 0.533. The first-order valence-electron chi connectivity index (χ1n) is 7.00. The Bertz CT molecular complexity index is 611. The van der Waals surface area contributed by atoms with Crippen LogP contribution in [0.4, 0.5) is 0 Å². The van der Waals surface area contributed by atoms with E-state index >= 15 is 0 Å². The van der Waals surface area contributed by atoms with Gasteiger partial charge in [-0.25, -0.2) is 4.98 Å². The van der Waals surface area contributed by atoms with Crippen molar-refractivity contribution in [2.45, 2.75) is 37.0 Å². The predicted molar refractivity (Wildman–Crippen MR) is 89.4 cm³/mol. The molecule has 2 nitrogen and oxygen atoms in total. The van der Waals surface area contributed by atoms with Crippen LogP contribution in [-0.4, -0.2) is 26.9 Å². The Morgan fingerprint density at radius 2 is 2.25 bits per heavy atom. The number of rotatable bonds is 4. The van der Waals surface area contributed by atoms with Gasteiger partial charge in [0.05, 0.1) is 10.5 Å². The lowest BCUT2D eigenvalue weighted by molar-refractivity contribution is 0.522. The van der Waals surface area contributed by atoms with Gasteiger partial charge in [-0.3, -0.25) is 0 Å². The average molecular weight is 329 g/mol. The molecule has 0 N–H and O–H groups in total. The first-order valence-corrected chi connectivity index (χ1v) is 9.20. The molecule has 108 valence electrons. The van der Waals surface area contributed by atoms with Crippen molar-refractivity contribution in [3.8, 4) is 0 Å². The lowest BCUT2D eigenvalue weighted by Gasteiger charge is -2.22. The van der Waals surface area contributed by atoms with Gasteiger partial charge in [0.25, 0.3) is 0 Å². The molecule has 3 rings (SSSR count). The van der Waals surface area contributed by atoms with E-state index in [0.29, 0.717) is 17.2 Å². The number of halogens is 2. The molecular weight excluding hydrogens is 311 g/mol. The summed E-state index contributed by atoms with van der Waals surface area (Å²) >= 11 is 14.2. The van der Waals surface area contributed by atoms with Crippen LogP contribution < -0.4 is 0 Å². The summed E-state index contributed by atoms with van der Waals surface area (Å²) in [7, 11) is 0. The van der Waals surface area contributed by atoms with Crippen LogP contribution >= 0.6 is 35.0 Å². The standard InChI is InChI=1S/C15H18Cl2N2S/c1-20-13-7-3-5-11(13)19-12-6-2-4-10(17)15(12)18-14(19)8-9-16/h2,4,6,11,13H,3,5,7-9H2,1H3. The third-order valence-electron chi connectivity index (χ3n) is 4.11. The highest BCUT2D eigenvalue weighted by Crippen LogP contribution is 2.40. The number of alkyl halides is 1. The summed E-state index contributed by atoms with van der Waals surface area (Å²) in [6, 6.07) is 6.57. The minimum absolute atomic E-state index is 0.520. The second-order valence-electron chi connectivity index (χ2n) is 5.22. The highest BCUT2D eigenvalue weighted by molar-refractivity contribution is 7.99. The summed E-state index contributed by atoms with van der Waals surface area (Å²) in [6.45, 7) is 0. The lowest BCUT2D eigenvalue weighted by Crippen LogP contribution is -2.18. The van der Waals surface area contributed by atoms with Crippen molar-refractivity contribution in [3.05, 3.63) is 29.0 Å². The number of hydrogen-bond donors (Lipinski definition) is 0. The van der Waals surface area contributed by atoms with Gasteiger partial charge in [-0.1, -0.05) is 24.1 Å². The second-order valence-corrected chi connectivity index (χ2v) is 7.08. The molecule has 0 bridgehead atoms. The van der Waals surface area contributed by atoms with Gasteiger partial charge in [0.1, 0.15) is 11.3 Å². The maximum Gasteiger partial charge on any atom is 0.111 e. The number of aromatic nitrogens is 2. The largest absolute Gasteiger partial charge is 0.324 e. The van der Waals surface area contributed by atoms with Crippen molar-refractivity contribution >= 4 is 46.0 Å². The third kappa shape index (κ3) is 2.44. The summed E-state index contributed by atoms with van der Waals surface area (Å²) < 4.78 is 2.40. The third-order valence-corrected chi connectivity index (χ3v) is 5.76. The maximum absolute atomic E-state index is 6.31. The van der Waals surface area contributed by atoms with Crippen LogP contribution in [-0.2, 0) is 6.42 Å². The number of para-hydroxylation sites is 1. The van der Waals surface area contributed by atoms with E-state index in [2.05, 4.69) is 16.9 Å². The van der Waals surface area contributed by atoms with Crippen molar-refractivity contribution in [2.75, 3.05) is 12.1 Å². The first-order chi connectivity index (χ1) is 9.76. The highest BCUT2D eigenvalue weighted by atomic mass is 35.5. The SMILES string of the molecule is CSC1CCCC1n1c(CCCl)nc2c(Cl)cccc21. The van der Waals surface area contributed by atoms with Gasteiger partial charge < -0.3 is 4.57 Å². The van der Waals surface area contributed by atoms with E-state index in [9.17, 15) is 0 Å². The van der Waals surface area contributed by atoms with E-state index in [1.807, 2.05) is 23.9 Å². The molecule has 1 aliphatic carbocycles. The van der Waals surface area contributed by atoms with Gasteiger partial charge >= 0.3 is 0 Å². The maximum atomic E-state index is 6.31. The molecule has 1 saturated carbocycles. The lowest BCUT2D eigenvalue weighted by atomic mass is 10.2. The van der Waals surface area contributed by atoms with Crippen LogP contribution in [0.2, 0.25) is 5.02 Å². The topological polar surface area (TPSA) is 17.8 Å². The van der Waals surface area contributed by atoms with E-state index in [1.165, 1.54) is 19.3 Å². The number of nitrogens with zero attached hydrogens (tertiary/aromatic N) is 2. The van der Waals surface area contributed by atoms with Crippen molar-refractivity contribution in [2.24, 2.45) is 0 Å². The summed E-state index contributed by atoms with van der Waals surface area (Å²) in [5.41, 5.74) is 2.07. The zero-order valence-electron chi connectivity index (χ0n) is 11.5. The van der Waals surface area contributed by atoms with Crippen LogP contribution in [0.1, 0.15) is 31.1 Å². The minimum atomic E-state index is 0.520. The number of hydrogen-bond acceptors (Lipinski definition) is 2. The van der Waals surface area contributed by atoms with Gasteiger partial charge in [-0.2, -0.15) is 11.8 Å². The van der Waals surface area contributed by atoms with Gasteiger partial charge in [0.2, 0.25) is 0 Å². The van der Waals surface area contributed by atoms with Crippen LogP contribution in [0.3, 0.4) is 0 Å². The van der Waals surface area contributed by atoms with Crippen LogP contribution in [0.5, 0.6) is 0 Å². The van der Waals surface area contributed by atoms with E-state index in [1.54, 1.807) is 0 Å². The van der Waals surface area contributed by atoms with Gasteiger partial charge in [-0.05, 0) is 31.2 Å². The molecular formula is C15H18Cl2N2S. The van der Waals surface area contributed by atoms with Crippen LogP contribution in [0.15, 0.2) is 18.2 Å². The molecule has 20 heavy (non-hydrogen) atoms. The average Bonchev–Trinajstić information content (AvgIpc) is 3.03. The first kappa shape index (κ1) is 14.6. The van der Waals surface area contributed by atoms with E-state index < -0.39 is 0 Å². The van der Waals surface area contributed by atoms with E-state index in [4.69, 9.17) is 28.2 Å². The predicted octanol–water partition coefficient (Wildman–Crippen LogP) is 4.93. The Labute approximate surface area is 133 Å². The van der Waals surface area contributed by atoms with Crippen molar-refractivity contribution in [1.29, 1.82) is 0 Å². The fourth-order valence-corrected chi connectivity index (χ4v) is 4.59. The Kier molecular flexibility index (Phi) is 4.49.